The Morgan fingerprint density at radius 1 is 0.844 bits per heavy atom. The molecule has 0 atom stereocenters. The van der Waals surface area contributed by atoms with Crippen molar-refractivity contribution in [2.45, 2.75) is 25.7 Å². The molecule has 2 aromatic carbocycles. The maximum absolute atomic E-state index is 13.0. The third-order valence-corrected chi connectivity index (χ3v) is 6.21. The van der Waals surface area contributed by atoms with E-state index in [0.29, 0.717) is 23.4 Å². The molecule has 0 radical (unpaired) electrons. The van der Waals surface area contributed by atoms with Crippen molar-refractivity contribution >= 4 is 29.0 Å². The molecule has 2 aliphatic rings. The monoisotopic (exact) mass is 426 g/mol. The highest BCUT2D eigenvalue weighted by atomic mass is 16.2. The number of carbonyl (C=O) groups excluding carboxylic acids is 2. The number of nitrogens with zero attached hydrogens (tertiary/aromatic N) is 3. The van der Waals surface area contributed by atoms with Crippen molar-refractivity contribution in [3.05, 3.63) is 83.6 Å². The molecule has 0 aliphatic carbocycles. The highest BCUT2D eigenvalue weighted by Gasteiger charge is 2.25. The lowest BCUT2D eigenvalue weighted by atomic mass is 10.1. The van der Waals surface area contributed by atoms with Gasteiger partial charge < -0.3 is 15.1 Å². The Labute approximate surface area is 187 Å². The van der Waals surface area contributed by atoms with Gasteiger partial charge in [0.05, 0.1) is 5.56 Å². The molecule has 3 aromatic rings. The van der Waals surface area contributed by atoms with E-state index in [1.54, 1.807) is 36.5 Å². The number of aromatic nitrogens is 1. The quantitative estimate of drug-likeness (QED) is 0.666. The average Bonchev–Trinajstić information content (AvgIpc) is 3.29. The maximum atomic E-state index is 13.0. The Balaban J connectivity index is 1.30. The number of pyridine rings is 1. The summed E-state index contributed by atoms with van der Waals surface area (Å²) >= 11 is 0. The standard InChI is InChI=1S/C26H26N4O2/c31-25(22-8-6-15-27-24(22)29-16-4-1-5-17-29)28-21-12-10-20(11-13-21)26(32)30-18-14-19-7-2-3-9-23(19)30/h2-3,6-13,15H,1,4-5,14,16-18H2,(H,28,31). The van der Waals surface area contributed by atoms with Crippen molar-refractivity contribution in [3.8, 4) is 0 Å². The van der Waals surface area contributed by atoms with Crippen LogP contribution in [0.1, 0.15) is 45.5 Å². The van der Waals surface area contributed by atoms with Crippen molar-refractivity contribution in [3.63, 3.8) is 0 Å². The molecule has 1 aromatic heterocycles. The van der Waals surface area contributed by atoms with E-state index in [9.17, 15) is 9.59 Å². The van der Waals surface area contributed by atoms with Crippen molar-refractivity contribution in [2.24, 2.45) is 0 Å². The molecule has 2 aliphatic heterocycles. The van der Waals surface area contributed by atoms with Gasteiger partial charge in [-0.3, -0.25) is 9.59 Å². The predicted octanol–water partition coefficient (Wildman–Crippen LogP) is 4.53. The number of benzene rings is 2. The molecule has 2 amide bonds. The van der Waals surface area contributed by atoms with Crippen molar-refractivity contribution in [1.29, 1.82) is 0 Å². The first-order valence-corrected chi connectivity index (χ1v) is 11.2. The summed E-state index contributed by atoms with van der Waals surface area (Å²) < 4.78 is 0. The molecule has 5 rings (SSSR count). The maximum Gasteiger partial charge on any atom is 0.259 e. The van der Waals surface area contributed by atoms with Gasteiger partial charge in [-0.15, -0.1) is 0 Å². The molecule has 0 unspecified atom stereocenters. The molecular formula is C26H26N4O2. The topological polar surface area (TPSA) is 65.5 Å². The fraction of sp³-hybridized carbons (Fsp3) is 0.269. The first kappa shape index (κ1) is 20.2. The molecule has 0 saturated carbocycles. The number of hydrogen-bond donors (Lipinski definition) is 1. The Hall–Kier alpha value is -3.67. The van der Waals surface area contributed by atoms with Gasteiger partial charge in [-0.2, -0.15) is 0 Å². The number of amides is 2. The van der Waals surface area contributed by atoms with Crippen LogP contribution in [0, 0.1) is 0 Å². The summed E-state index contributed by atoms with van der Waals surface area (Å²) in [5, 5.41) is 2.96. The Morgan fingerprint density at radius 2 is 1.62 bits per heavy atom. The highest BCUT2D eigenvalue weighted by molar-refractivity contribution is 6.09. The molecule has 0 spiro atoms. The Bertz CT molecular complexity index is 1140. The molecule has 1 fully saturated rings. The van der Waals surface area contributed by atoms with Gasteiger partial charge in [0.1, 0.15) is 5.82 Å². The van der Waals surface area contributed by atoms with Crippen molar-refractivity contribution in [1.82, 2.24) is 4.98 Å². The van der Waals surface area contributed by atoms with Crippen LogP contribution in [0.4, 0.5) is 17.2 Å². The number of rotatable bonds is 4. The van der Waals surface area contributed by atoms with Gasteiger partial charge in [-0.05, 0) is 73.7 Å². The van der Waals surface area contributed by atoms with Gasteiger partial charge in [-0.1, -0.05) is 18.2 Å². The normalized spacial score (nSPS) is 15.4. The molecule has 1 N–H and O–H groups in total. The largest absolute Gasteiger partial charge is 0.356 e. The van der Waals surface area contributed by atoms with E-state index in [-0.39, 0.29) is 11.8 Å². The third kappa shape index (κ3) is 3.96. The smallest absolute Gasteiger partial charge is 0.259 e. The van der Waals surface area contributed by atoms with E-state index in [1.807, 2.05) is 29.2 Å². The van der Waals surface area contributed by atoms with Crippen LogP contribution in [0.5, 0.6) is 0 Å². The van der Waals surface area contributed by atoms with E-state index < -0.39 is 0 Å². The number of carbonyl (C=O) groups is 2. The highest BCUT2D eigenvalue weighted by Crippen LogP contribution is 2.29. The number of hydrogen-bond acceptors (Lipinski definition) is 4. The Kier molecular flexibility index (Phi) is 5.58. The molecule has 6 nitrogen and oxygen atoms in total. The van der Waals surface area contributed by atoms with E-state index in [0.717, 1.165) is 43.9 Å². The van der Waals surface area contributed by atoms with E-state index in [1.165, 1.54) is 12.0 Å². The van der Waals surface area contributed by atoms with Crippen LogP contribution in [0.25, 0.3) is 0 Å². The zero-order chi connectivity index (χ0) is 21.9. The number of nitrogens with one attached hydrogen (secondary N) is 1. The van der Waals surface area contributed by atoms with Crippen molar-refractivity contribution < 1.29 is 9.59 Å². The molecule has 0 bridgehead atoms. The van der Waals surface area contributed by atoms with Crippen LogP contribution in [0.2, 0.25) is 0 Å². The molecule has 1 saturated heterocycles. The summed E-state index contributed by atoms with van der Waals surface area (Å²) in [6, 6.07) is 18.7. The predicted molar refractivity (Wildman–Crippen MR) is 127 cm³/mol. The summed E-state index contributed by atoms with van der Waals surface area (Å²) in [5.74, 6) is 0.530. The van der Waals surface area contributed by atoms with Crippen LogP contribution in [0.3, 0.4) is 0 Å². The second kappa shape index (κ2) is 8.83. The van der Waals surface area contributed by atoms with Gasteiger partial charge in [0, 0.05) is 42.8 Å². The Morgan fingerprint density at radius 3 is 2.44 bits per heavy atom. The molecule has 32 heavy (non-hydrogen) atoms. The van der Waals surface area contributed by atoms with Crippen LogP contribution in [0.15, 0.2) is 66.9 Å². The zero-order valence-corrected chi connectivity index (χ0v) is 18.0. The number of piperidine rings is 1. The SMILES string of the molecule is O=C(Nc1ccc(C(=O)N2CCc3ccccc32)cc1)c1cccnc1N1CCCCC1. The van der Waals surface area contributed by atoms with Gasteiger partial charge in [-0.25, -0.2) is 4.98 Å². The lowest BCUT2D eigenvalue weighted by Gasteiger charge is -2.29. The first-order valence-electron chi connectivity index (χ1n) is 11.2. The van der Waals surface area contributed by atoms with E-state index >= 15 is 0 Å². The minimum absolute atomic E-state index is 0.0209. The van der Waals surface area contributed by atoms with Crippen LogP contribution < -0.4 is 15.1 Å². The summed E-state index contributed by atoms with van der Waals surface area (Å²) in [6.07, 6.45) is 6.07. The molecular weight excluding hydrogens is 400 g/mol. The minimum Gasteiger partial charge on any atom is -0.356 e. The summed E-state index contributed by atoms with van der Waals surface area (Å²) in [4.78, 5) is 34.5. The van der Waals surface area contributed by atoms with Gasteiger partial charge in [0.2, 0.25) is 0 Å². The lowest BCUT2D eigenvalue weighted by Crippen LogP contribution is -2.32. The van der Waals surface area contributed by atoms with E-state index in [4.69, 9.17) is 0 Å². The second-order valence-corrected chi connectivity index (χ2v) is 8.29. The summed E-state index contributed by atoms with van der Waals surface area (Å²) in [7, 11) is 0. The van der Waals surface area contributed by atoms with Crippen LogP contribution in [-0.4, -0.2) is 36.4 Å². The minimum atomic E-state index is -0.189. The fourth-order valence-electron chi connectivity index (χ4n) is 4.53. The summed E-state index contributed by atoms with van der Waals surface area (Å²) in [5.41, 5.74) is 4.02. The fourth-order valence-corrected chi connectivity index (χ4v) is 4.53. The number of para-hydroxylation sites is 1. The third-order valence-electron chi connectivity index (χ3n) is 6.21. The number of fused-ring (bicyclic) bond motifs is 1. The first-order chi connectivity index (χ1) is 15.7. The van der Waals surface area contributed by atoms with Gasteiger partial charge in [0.15, 0.2) is 0 Å². The van der Waals surface area contributed by atoms with Gasteiger partial charge >= 0.3 is 0 Å². The molecule has 3 heterocycles. The van der Waals surface area contributed by atoms with Crippen molar-refractivity contribution in [2.75, 3.05) is 34.8 Å². The second-order valence-electron chi connectivity index (χ2n) is 8.29. The average molecular weight is 427 g/mol. The molecule has 6 heteroatoms. The van der Waals surface area contributed by atoms with Crippen LogP contribution in [-0.2, 0) is 6.42 Å². The molecule has 162 valence electrons. The van der Waals surface area contributed by atoms with E-state index in [2.05, 4.69) is 21.3 Å². The number of anilines is 3. The zero-order valence-electron chi connectivity index (χ0n) is 18.0. The van der Waals surface area contributed by atoms with Gasteiger partial charge in [0.25, 0.3) is 11.8 Å². The summed E-state index contributed by atoms with van der Waals surface area (Å²) in [6.45, 7) is 2.54. The van der Waals surface area contributed by atoms with Crippen LogP contribution >= 0.6 is 0 Å². The lowest BCUT2D eigenvalue weighted by molar-refractivity contribution is 0.0988.